The summed E-state index contributed by atoms with van der Waals surface area (Å²) < 4.78 is 6.08. The molecule has 0 aliphatic carbocycles. The van der Waals surface area contributed by atoms with Crippen LogP contribution in [0.3, 0.4) is 0 Å². The fourth-order valence-electron chi connectivity index (χ4n) is 1.12. The van der Waals surface area contributed by atoms with E-state index in [9.17, 15) is 4.79 Å². The Labute approximate surface area is 93.7 Å². The third-order valence-corrected chi connectivity index (χ3v) is 3.43. The van der Waals surface area contributed by atoms with E-state index in [-0.39, 0.29) is 5.78 Å². The Kier molecular flexibility index (Phi) is 2.84. The molecule has 4 heteroatoms. The average Bonchev–Trinajstić information content (AvgIpc) is 2.75. The molecule has 2 rings (SSSR count). The van der Waals surface area contributed by atoms with Crippen LogP contribution in [0.25, 0.3) is 0 Å². The van der Waals surface area contributed by atoms with E-state index in [0.717, 1.165) is 8.66 Å². The van der Waals surface area contributed by atoms with Crippen molar-refractivity contribution in [3.8, 4) is 0 Å². The Morgan fingerprint density at radius 1 is 1.43 bits per heavy atom. The number of carbonyl (C=O) groups excluding carboxylic acids is 1. The highest BCUT2D eigenvalue weighted by molar-refractivity contribution is 9.11. The first-order valence-corrected chi connectivity index (χ1v) is 5.67. The summed E-state index contributed by atoms with van der Waals surface area (Å²) in [5, 5.41) is 0. The average molecular weight is 271 g/mol. The van der Waals surface area contributed by atoms with Crippen molar-refractivity contribution in [2.75, 3.05) is 0 Å². The first-order chi connectivity index (χ1) is 6.75. The number of hydrogen-bond donors (Lipinski definition) is 0. The second-order valence-electron chi connectivity index (χ2n) is 2.78. The van der Waals surface area contributed by atoms with Gasteiger partial charge < -0.3 is 4.42 Å². The van der Waals surface area contributed by atoms with Crippen LogP contribution in [0.15, 0.2) is 38.7 Å². The summed E-state index contributed by atoms with van der Waals surface area (Å²) in [7, 11) is 0. The molecule has 0 fully saturated rings. The lowest BCUT2D eigenvalue weighted by Crippen LogP contribution is -1.99. The second kappa shape index (κ2) is 4.11. The molecule has 0 bridgehead atoms. The fraction of sp³-hybridized carbons (Fsp3) is 0.100. The lowest BCUT2D eigenvalue weighted by Gasteiger charge is -1.93. The molecule has 0 unspecified atom stereocenters. The Morgan fingerprint density at radius 2 is 2.29 bits per heavy atom. The number of Topliss-reactive ketones (excluding diaryl/α,β-unsaturated/α-hetero) is 1. The van der Waals surface area contributed by atoms with Crippen molar-refractivity contribution in [3.05, 3.63) is 45.0 Å². The number of carbonyl (C=O) groups is 1. The molecule has 0 aromatic carbocycles. The maximum absolute atomic E-state index is 11.7. The molecule has 0 spiro atoms. The van der Waals surface area contributed by atoms with E-state index in [1.807, 2.05) is 12.1 Å². The molecule has 72 valence electrons. The quantitative estimate of drug-likeness (QED) is 0.799. The summed E-state index contributed by atoms with van der Waals surface area (Å²) in [6, 6.07) is 7.29. The minimum absolute atomic E-state index is 0.0932. The summed E-state index contributed by atoms with van der Waals surface area (Å²) in [5.41, 5.74) is 0. The molecule has 0 saturated heterocycles. The molecule has 0 aliphatic rings. The van der Waals surface area contributed by atoms with Gasteiger partial charge in [-0.1, -0.05) is 0 Å². The van der Waals surface area contributed by atoms with Crippen LogP contribution >= 0.6 is 27.3 Å². The Hall–Kier alpha value is -0.870. The number of thiophene rings is 1. The largest absolute Gasteiger partial charge is 0.469 e. The van der Waals surface area contributed by atoms with Gasteiger partial charge >= 0.3 is 0 Å². The highest BCUT2D eigenvalue weighted by Gasteiger charge is 2.10. The number of rotatable bonds is 3. The molecule has 0 saturated carbocycles. The van der Waals surface area contributed by atoms with Crippen molar-refractivity contribution in [1.29, 1.82) is 0 Å². The van der Waals surface area contributed by atoms with Gasteiger partial charge in [-0.3, -0.25) is 4.79 Å². The van der Waals surface area contributed by atoms with Crippen LogP contribution in [0.5, 0.6) is 0 Å². The lowest BCUT2D eigenvalue weighted by atomic mass is 10.2. The molecule has 0 aliphatic heterocycles. The zero-order valence-corrected chi connectivity index (χ0v) is 9.60. The normalized spacial score (nSPS) is 10.4. The third-order valence-electron chi connectivity index (χ3n) is 1.76. The minimum Gasteiger partial charge on any atom is -0.469 e. The highest BCUT2D eigenvalue weighted by Crippen LogP contribution is 2.23. The summed E-state index contributed by atoms with van der Waals surface area (Å²) in [6.07, 6.45) is 1.91. The summed E-state index contributed by atoms with van der Waals surface area (Å²) >= 11 is 4.76. The zero-order chi connectivity index (χ0) is 9.97. The number of hydrogen-bond acceptors (Lipinski definition) is 3. The van der Waals surface area contributed by atoms with Gasteiger partial charge in [0.05, 0.1) is 21.3 Å². The first-order valence-electron chi connectivity index (χ1n) is 4.06. The SMILES string of the molecule is O=C(Cc1ccco1)c1ccc(Br)s1. The van der Waals surface area contributed by atoms with Gasteiger partial charge in [-0.2, -0.15) is 0 Å². The van der Waals surface area contributed by atoms with Gasteiger partial charge in [0.25, 0.3) is 0 Å². The predicted molar refractivity (Wildman–Crippen MR) is 58.8 cm³/mol. The second-order valence-corrected chi connectivity index (χ2v) is 5.25. The molecular weight excluding hydrogens is 264 g/mol. The van der Waals surface area contributed by atoms with Crippen LogP contribution < -0.4 is 0 Å². The molecule has 2 aromatic heterocycles. The van der Waals surface area contributed by atoms with Gasteiger partial charge in [0.15, 0.2) is 5.78 Å². The van der Waals surface area contributed by atoms with Crippen molar-refractivity contribution in [2.24, 2.45) is 0 Å². The number of ketones is 1. The van der Waals surface area contributed by atoms with Gasteiger partial charge in [0.2, 0.25) is 0 Å². The molecule has 2 aromatic rings. The first kappa shape index (κ1) is 9.68. The van der Waals surface area contributed by atoms with Gasteiger partial charge in [0.1, 0.15) is 5.76 Å². The van der Waals surface area contributed by atoms with E-state index in [0.29, 0.717) is 12.2 Å². The zero-order valence-electron chi connectivity index (χ0n) is 7.20. The highest BCUT2D eigenvalue weighted by atomic mass is 79.9. The van der Waals surface area contributed by atoms with E-state index < -0.39 is 0 Å². The Balaban J connectivity index is 2.10. The molecule has 0 radical (unpaired) electrons. The summed E-state index contributed by atoms with van der Waals surface area (Å²) in [6.45, 7) is 0. The monoisotopic (exact) mass is 270 g/mol. The van der Waals surface area contributed by atoms with Crippen LogP contribution in [0, 0.1) is 0 Å². The molecule has 2 heterocycles. The molecule has 14 heavy (non-hydrogen) atoms. The van der Waals surface area contributed by atoms with Gasteiger partial charge in [0, 0.05) is 0 Å². The van der Waals surface area contributed by atoms with E-state index >= 15 is 0 Å². The summed E-state index contributed by atoms with van der Waals surface area (Å²) in [4.78, 5) is 12.4. The lowest BCUT2D eigenvalue weighted by molar-refractivity contribution is 0.0991. The van der Waals surface area contributed by atoms with Crippen LogP contribution in [-0.4, -0.2) is 5.78 Å². The van der Waals surface area contributed by atoms with Crippen LogP contribution in [-0.2, 0) is 6.42 Å². The Bertz CT molecular complexity index is 431. The van der Waals surface area contributed by atoms with Crippen LogP contribution in [0.1, 0.15) is 15.4 Å². The summed E-state index contributed by atoms with van der Waals surface area (Å²) in [5.74, 6) is 0.801. The van der Waals surface area contributed by atoms with Gasteiger partial charge in [-0.15, -0.1) is 11.3 Å². The van der Waals surface area contributed by atoms with Crippen molar-refractivity contribution in [3.63, 3.8) is 0 Å². The standard InChI is InChI=1S/C10H7BrO2S/c11-10-4-3-9(14-10)8(12)6-7-2-1-5-13-7/h1-5H,6H2. The van der Waals surface area contributed by atoms with Crippen molar-refractivity contribution < 1.29 is 9.21 Å². The maximum atomic E-state index is 11.7. The number of halogens is 1. The van der Waals surface area contributed by atoms with Gasteiger partial charge in [-0.05, 0) is 40.2 Å². The van der Waals surface area contributed by atoms with Gasteiger partial charge in [-0.25, -0.2) is 0 Å². The van der Waals surface area contributed by atoms with Crippen molar-refractivity contribution in [1.82, 2.24) is 0 Å². The fourth-order valence-corrected chi connectivity index (χ4v) is 2.45. The smallest absolute Gasteiger partial charge is 0.180 e. The van der Waals surface area contributed by atoms with Crippen molar-refractivity contribution in [2.45, 2.75) is 6.42 Å². The van der Waals surface area contributed by atoms with E-state index in [4.69, 9.17) is 4.42 Å². The molecule has 2 nitrogen and oxygen atoms in total. The molecular formula is C10H7BrO2S. The van der Waals surface area contributed by atoms with E-state index in [1.165, 1.54) is 11.3 Å². The molecule has 0 atom stereocenters. The van der Waals surface area contributed by atoms with Crippen molar-refractivity contribution >= 4 is 33.0 Å². The molecule has 0 N–H and O–H groups in total. The number of furan rings is 1. The van der Waals surface area contributed by atoms with E-state index in [2.05, 4.69) is 15.9 Å². The molecule has 0 amide bonds. The Morgan fingerprint density at radius 3 is 2.86 bits per heavy atom. The maximum Gasteiger partial charge on any atom is 0.180 e. The van der Waals surface area contributed by atoms with E-state index in [1.54, 1.807) is 18.4 Å². The minimum atomic E-state index is 0.0932. The van der Waals surface area contributed by atoms with Crippen LogP contribution in [0.4, 0.5) is 0 Å². The third kappa shape index (κ3) is 2.13. The topological polar surface area (TPSA) is 30.2 Å². The predicted octanol–water partition coefficient (Wildman–Crippen LogP) is 3.53. The van der Waals surface area contributed by atoms with Crippen LogP contribution in [0.2, 0.25) is 0 Å².